The molecule has 1 unspecified atom stereocenters. The highest BCUT2D eigenvalue weighted by atomic mass is 16.5. The SMILES string of the molecule is COc1cccc(C(N)CC2CCCC2)c1OC. The topological polar surface area (TPSA) is 44.5 Å². The third kappa shape index (κ3) is 2.78. The smallest absolute Gasteiger partial charge is 0.165 e. The highest BCUT2D eigenvalue weighted by Gasteiger charge is 2.22. The molecule has 0 aliphatic heterocycles. The normalized spacial score (nSPS) is 17.7. The number of para-hydroxylation sites is 1. The van der Waals surface area contributed by atoms with Gasteiger partial charge < -0.3 is 15.2 Å². The van der Waals surface area contributed by atoms with Crippen molar-refractivity contribution in [1.29, 1.82) is 0 Å². The summed E-state index contributed by atoms with van der Waals surface area (Å²) in [6, 6.07) is 5.97. The Labute approximate surface area is 109 Å². The van der Waals surface area contributed by atoms with Crippen LogP contribution in [0.15, 0.2) is 18.2 Å². The third-order valence-electron chi connectivity index (χ3n) is 3.89. The van der Waals surface area contributed by atoms with Crippen LogP contribution in [0.5, 0.6) is 11.5 Å². The number of ether oxygens (including phenoxy) is 2. The van der Waals surface area contributed by atoms with Crippen molar-refractivity contribution in [3.05, 3.63) is 23.8 Å². The molecule has 1 atom stereocenters. The molecule has 1 aromatic rings. The molecule has 2 rings (SSSR count). The minimum Gasteiger partial charge on any atom is -0.493 e. The number of hydrogen-bond acceptors (Lipinski definition) is 3. The summed E-state index contributed by atoms with van der Waals surface area (Å²) in [6.45, 7) is 0. The predicted molar refractivity (Wildman–Crippen MR) is 73.0 cm³/mol. The summed E-state index contributed by atoms with van der Waals surface area (Å²) in [5.74, 6) is 2.32. The van der Waals surface area contributed by atoms with Gasteiger partial charge in [-0.1, -0.05) is 37.8 Å². The van der Waals surface area contributed by atoms with E-state index in [1.807, 2.05) is 18.2 Å². The molecule has 0 bridgehead atoms. The fourth-order valence-corrected chi connectivity index (χ4v) is 2.94. The van der Waals surface area contributed by atoms with Crippen molar-refractivity contribution >= 4 is 0 Å². The Bertz CT molecular complexity index is 386. The fraction of sp³-hybridized carbons (Fsp3) is 0.600. The zero-order chi connectivity index (χ0) is 13.0. The summed E-state index contributed by atoms with van der Waals surface area (Å²) in [6.07, 6.45) is 6.39. The second-order valence-electron chi connectivity index (χ2n) is 5.08. The van der Waals surface area contributed by atoms with E-state index in [1.165, 1.54) is 25.7 Å². The molecule has 18 heavy (non-hydrogen) atoms. The molecule has 1 fully saturated rings. The van der Waals surface area contributed by atoms with Gasteiger partial charge in [-0.2, -0.15) is 0 Å². The number of nitrogens with two attached hydrogens (primary N) is 1. The van der Waals surface area contributed by atoms with E-state index in [0.29, 0.717) is 0 Å². The monoisotopic (exact) mass is 249 g/mol. The number of rotatable bonds is 5. The molecule has 1 saturated carbocycles. The summed E-state index contributed by atoms with van der Waals surface area (Å²) in [5, 5.41) is 0. The van der Waals surface area contributed by atoms with E-state index in [1.54, 1.807) is 14.2 Å². The lowest BCUT2D eigenvalue weighted by atomic mass is 9.93. The van der Waals surface area contributed by atoms with Crippen LogP contribution in [-0.4, -0.2) is 14.2 Å². The molecule has 1 aliphatic rings. The lowest BCUT2D eigenvalue weighted by Gasteiger charge is -2.20. The molecule has 1 aliphatic carbocycles. The quantitative estimate of drug-likeness (QED) is 0.871. The van der Waals surface area contributed by atoms with E-state index < -0.39 is 0 Å². The highest BCUT2D eigenvalue weighted by molar-refractivity contribution is 5.48. The first-order valence-electron chi connectivity index (χ1n) is 6.72. The Morgan fingerprint density at radius 1 is 1.22 bits per heavy atom. The van der Waals surface area contributed by atoms with Gasteiger partial charge in [-0.15, -0.1) is 0 Å². The molecule has 0 spiro atoms. The first-order valence-corrected chi connectivity index (χ1v) is 6.72. The van der Waals surface area contributed by atoms with Gasteiger partial charge in [0.1, 0.15) is 0 Å². The molecule has 100 valence electrons. The second-order valence-corrected chi connectivity index (χ2v) is 5.08. The predicted octanol–water partition coefficient (Wildman–Crippen LogP) is 3.28. The van der Waals surface area contributed by atoms with E-state index in [0.717, 1.165) is 29.4 Å². The first kappa shape index (κ1) is 13.2. The van der Waals surface area contributed by atoms with Gasteiger partial charge in [0.2, 0.25) is 0 Å². The minimum atomic E-state index is 0.0400. The third-order valence-corrected chi connectivity index (χ3v) is 3.89. The summed E-state index contributed by atoms with van der Waals surface area (Å²) in [7, 11) is 3.33. The molecule has 0 amide bonds. The van der Waals surface area contributed by atoms with Crippen molar-refractivity contribution in [3.8, 4) is 11.5 Å². The van der Waals surface area contributed by atoms with Crippen molar-refractivity contribution in [3.63, 3.8) is 0 Å². The summed E-state index contributed by atoms with van der Waals surface area (Å²) in [4.78, 5) is 0. The lowest BCUT2D eigenvalue weighted by molar-refractivity contribution is 0.345. The van der Waals surface area contributed by atoms with Gasteiger partial charge in [-0.05, 0) is 18.4 Å². The average molecular weight is 249 g/mol. The van der Waals surface area contributed by atoms with Gasteiger partial charge in [0.25, 0.3) is 0 Å². The van der Waals surface area contributed by atoms with Gasteiger partial charge in [0.15, 0.2) is 11.5 Å². The van der Waals surface area contributed by atoms with E-state index in [9.17, 15) is 0 Å². The number of methoxy groups -OCH3 is 2. The largest absolute Gasteiger partial charge is 0.493 e. The molecule has 1 aromatic carbocycles. The zero-order valence-corrected chi connectivity index (χ0v) is 11.3. The molecule has 0 saturated heterocycles. The van der Waals surface area contributed by atoms with Crippen molar-refractivity contribution in [2.45, 2.75) is 38.1 Å². The second kappa shape index (κ2) is 6.10. The van der Waals surface area contributed by atoms with Crippen LogP contribution in [-0.2, 0) is 0 Å². The maximum atomic E-state index is 6.34. The van der Waals surface area contributed by atoms with E-state index in [-0.39, 0.29) is 6.04 Å². The molecular weight excluding hydrogens is 226 g/mol. The van der Waals surface area contributed by atoms with Crippen LogP contribution in [0, 0.1) is 5.92 Å². The van der Waals surface area contributed by atoms with Crippen molar-refractivity contribution < 1.29 is 9.47 Å². The van der Waals surface area contributed by atoms with Gasteiger partial charge in [-0.25, -0.2) is 0 Å². The minimum absolute atomic E-state index is 0.0400. The molecule has 3 nitrogen and oxygen atoms in total. The first-order chi connectivity index (χ1) is 8.76. The lowest BCUT2D eigenvalue weighted by Crippen LogP contribution is -2.15. The van der Waals surface area contributed by atoms with Crippen LogP contribution >= 0.6 is 0 Å². The Balaban J connectivity index is 2.15. The molecular formula is C15H23NO2. The van der Waals surface area contributed by atoms with E-state index in [4.69, 9.17) is 15.2 Å². The van der Waals surface area contributed by atoms with Crippen molar-refractivity contribution in [2.24, 2.45) is 11.7 Å². The van der Waals surface area contributed by atoms with Crippen molar-refractivity contribution in [1.82, 2.24) is 0 Å². The van der Waals surface area contributed by atoms with E-state index in [2.05, 4.69) is 0 Å². The average Bonchev–Trinajstić information content (AvgIpc) is 2.90. The Hall–Kier alpha value is -1.22. The van der Waals surface area contributed by atoms with Crippen molar-refractivity contribution in [2.75, 3.05) is 14.2 Å². The maximum Gasteiger partial charge on any atom is 0.165 e. The van der Waals surface area contributed by atoms with Gasteiger partial charge in [0, 0.05) is 11.6 Å². The molecule has 0 radical (unpaired) electrons. The van der Waals surface area contributed by atoms with Gasteiger partial charge in [-0.3, -0.25) is 0 Å². The Kier molecular flexibility index (Phi) is 4.48. The van der Waals surface area contributed by atoms with Crippen LogP contribution in [0.2, 0.25) is 0 Å². The van der Waals surface area contributed by atoms with Crippen LogP contribution in [0.25, 0.3) is 0 Å². The summed E-state index contributed by atoms with van der Waals surface area (Å²) in [5.41, 5.74) is 7.40. The standard InChI is InChI=1S/C15H23NO2/c1-17-14-9-5-8-12(15(14)18-2)13(16)10-11-6-3-4-7-11/h5,8-9,11,13H,3-4,6-7,10,16H2,1-2H3. The highest BCUT2D eigenvalue weighted by Crippen LogP contribution is 2.38. The molecule has 2 N–H and O–H groups in total. The molecule has 0 aromatic heterocycles. The maximum absolute atomic E-state index is 6.34. The van der Waals surface area contributed by atoms with Crippen LogP contribution in [0.4, 0.5) is 0 Å². The van der Waals surface area contributed by atoms with Gasteiger partial charge >= 0.3 is 0 Å². The van der Waals surface area contributed by atoms with Crippen LogP contribution in [0.1, 0.15) is 43.7 Å². The molecule has 3 heteroatoms. The summed E-state index contributed by atoms with van der Waals surface area (Å²) < 4.78 is 10.8. The molecule has 0 heterocycles. The van der Waals surface area contributed by atoms with Crippen LogP contribution < -0.4 is 15.2 Å². The Morgan fingerprint density at radius 2 is 1.94 bits per heavy atom. The van der Waals surface area contributed by atoms with Crippen LogP contribution in [0.3, 0.4) is 0 Å². The number of hydrogen-bond donors (Lipinski definition) is 1. The zero-order valence-electron chi connectivity index (χ0n) is 11.3. The fourth-order valence-electron chi connectivity index (χ4n) is 2.94. The van der Waals surface area contributed by atoms with Gasteiger partial charge in [0.05, 0.1) is 14.2 Å². The summed E-state index contributed by atoms with van der Waals surface area (Å²) >= 11 is 0. The van der Waals surface area contributed by atoms with E-state index >= 15 is 0 Å². The Morgan fingerprint density at radius 3 is 2.56 bits per heavy atom. The number of benzene rings is 1.